The van der Waals surface area contributed by atoms with Gasteiger partial charge in [-0.2, -0.15) is 9.78 Å². The van der Waals surface area contributed by atoms with Crippen molar-refractivity contribution in [3.05, 3.63) is 47.8 Å². The third kappa shape index (κ3) is 4.24. The molecule has 0 N–H and O–H groups in total. The molecule has 7 nitrogen and oxygen atoms in total. The minimum Gasteiger partial charge on any atom is -0.490 e. The highest BCUT2D eigenvalue weighted by atomic mass is 16.5. The smallest absolute Gasteiger partial charge is 0.344 e. The monoisotopic (exact) mass is 423 g/mol. The second-order valence-electron chi connectivity index (χ2n) is 9.08. The van der Waals surface area contributed by atoms with Crippen LogP contribution in [0.1, 0.15) is 54.6 Å². The lowest BCUT2D eigenvalue weighted by Crippen LogP contribution is -2.34. The Morgan fingerprint density at radius 1 is 1.10 bits per heavy atom. The third-order valence-corrected chi connectivity index (χ3v) is 6.98. The van der Waals surface area contributed by atoms with Gasteiger partial charge in [0.25, 0.3) is 0 Å². The van der Waals surface area contributed by atoms with Crippen LogP contribution in [0.5, 0.6) is 5.75 Å². The number of likely N-dealkylation sites (tertiary alicyclic amines) is 1. The number of carbonyl (C=O) groups is 2. The third-order valence-electron chi connectivity index (χ3n) is 6.98. The van der Waals surface area contributed by atoms with Crippen molar-refractivity contribution in [1.82, 2.24) is 14.7 Å². The maximum atomic E-state index is 12.7. The average Bonchev–Trinajstić information content (AvgIpc) is 3.49. The van der Waals surface area contributed by atoms with Gasteiger partial charge in [0, 0.05) is 39.4 Å². The number of carbonyl (C=O) groups excluding carboxylic acids is 2. The van der Waals surface area contributed by atoms with E-state index in [9.17, 15) is 9.59 Å². The number of hydrogen-bond acceptors (Lipinski definition) is 5. The zero-order valence-corrected chi connectivity index (χ0v) is 17.9. The predicted molar refractivity (Wildman–Crippen MR) is 114 cm³/mol. The Hall–Kier alpha value is -2.67. The van der Waals surface area contributed by atoms with Crippen molar-refractivity contribution in [1.29, 1.82) is 0 Å². The van der Waals surface area contributed by atoms with Crippen molar-refractivity contribution in [2.75, 3.05) is 26.3 Å². The zero-order chi connectivity index (χ0) is 21.4. The summed E-state index contributed by atoms with van der Waals surface area (Å²) in [7, 11) is 0. The minimum atomic E-state index is -0.150. The van der Waals surface area contributed by atoms with Gasteiger partial charge in [0.2, 0.25) is 0 Å². The van der Waals surface area contributed by atoms with Crippen LogP contribution >= 0.6 is 0 Å². The largest absolute Gasteiger partial charge is 0.490 e. The fourth-order valence-electron chi connectivity index (χ4n) is 5.33. The molecule has 2 aromatic rings. The summed E-state index contributed by atoms with van der Waals surface area (Å²) in [6, 6.07) is 9.98. The minimum absolute atomic E-state index is 0.134. The number of hydrogen-bond donors (Lipinski definition) is 0. The summed E-state index contributed by atoms with van der Waals surface area (Å²) in [5.74, 6) is 2.29. The van der Waals surface area contributed by atoms with Crippen LogP contribution in [0.25, 0.3) is 0 Å². The van der Waals surface area contributed by atoms with Gasteiger partial charge < -0.3 is 14.4 Å². The topological polar surface area (TPSA) is 73.7 Å². The van der Waals surface area contributed by atoms with E-state index in [1.165, 1.54) is 17.2 Å². The van der Waals surface area contributed by atoms with E-state index in [2.05, 4.69) is 29.4 Å². The molecule has 0 spiro atoms. The van der Waals surface area contributed by atoms with Crippen LogP contribution in [0.2, 0.25) is 0 Å². The Balaban J connectivity index is 1.17. The fraction of sp³-hybridized carbons (Fsp3) is 0.542. The number of benzene rings is 1. The highest BCUT2D eigenvalue weighted by molar-refractivity contribution is 5.92. The first-order chi connectivity index (χ1) is 15.1. The first-order valence-corrected chi connectivity index (χ1v) is 11.3. The summed E-state index contributed by atoms with van der Waals surface area (Å²) < 4.78 is 13.1. The van der Waals surface area contributed by atoms with E-state index < -0.39 is 0 Å². The predicted octanol–water partition coefficient (Wildman–Crippen LogP) is 3.74. The lowest BCUT2D eigenvalue weighted by atomic mass is 9.92. The van der Waals surface area contributed by atoms with Crippen LogP contribution in [0.3, 0.4) is 0 Å². The van der Waals surface area contributed by atoms with Crippen LogP contribution in [-0.2, 0) is 4.74 Å². The van der Waals surface area contributed by atoms with Crippen molar-refractivity contribution in [2.24, 2.45) is 11.8 Å². The second kappa shape index (κ2) is 8.46. The molecule has 2 saturated heterocycles. The first kappa shape index (κ1) is 20.2. The van der Waals surface area contributed by atoms with Gasteiger partial charge in [0.05, 0.1) is 6.10 Å². The lowest BCUT2D eigenvalue weighted by Gasteiger charge is -2.23. The van der Waals surface area contributed by atoms with Gasteiger partial charge in [-0.05, 0) is 67.2 Å². The van der Waals surface area contributed by atoms with Crippen molar-refractivity contribution >= 4 is 11.8 Å². The second-order valence-corrected chi connectivity index (χ2v) is 9.08. The summed E-state index contributed by atoms with van der Waals surface area (Å²) in [4.78, 5) is 26.0. The number of fused-ring (bicyclic) bond motifs is 1. The molecule has 5 rings (SSSR count). The summed E-state index contributed by atoms with van der Waals surface area (Å²) in [6.07, 6.45) is 5.86. The zero-order valence-electron chi connectivity index (χ0n) is 17.9. The van der Waals surface area contributed by atoms with E-state index in [0.29, 0.717) is 23.4 Å². The molecule has 1 aromatic carbocycles. The molecule has 3 fully saturated rings. The molecular formula is C24H29N3O4. The summed E-state index contributed by atoms with van der Waals surface area (Å²) in [5.41, 5.74) is 1.67. The molecule has 0 radical (unpaired) electrons. The van der Waals surface area contributed by atoms with E-state index in [1.807, 2.05) is 4.90 Å². The maximum absolute atomic E-state index is 12.7. The average molecular weight is 424 g/mol. The molecule has 7 heteroatoms. The standard InChI is InChI=1S/C24H29N3O4/c1-16(28)23-5-8-27(25-23)24(29)26-14-19-12-22(13-20(19)15-26)31-21-4-2-3-18(11-21)17-6-9-30-10-7-17/h2-5,8,11,17,19-20,22H,6-7,9-10,12-15H2,1H3/t19-,20+,22+. The summed E-state index contributed by atoms with van der Waals surface area (Å²) in [6.45, 7) is 4.58. The molecule has 0 unspecified atom stereocenters. The SMILES string of the molecule is CC(=O)c1ccn(C(=O)N2C[C@H]3C[C@H](Oc4cccc(C5CCOCC5)c4)C[C@H]3C2)n1. The number of rotatable bonds is 4. The number of ether oxygens (including phenoxy) is 2. The Bertz CT molecular complexity index is 951. The van der Waals surface area contributed by atoms with Gasteiger partial charge in [-0.15, -0.1) is 0 Å². The Morgan fingerprint density at radius 3 is 2.52 bits per heavy atom. The van der Waals surface area contributed by atoms with Crippen LogP contribution in [0.4, 0.5) is 4.79 Å². The van der Waals surface area contributed by atoms with Gasteiger partial charge in [-0.25, -0.2) is 4.79 Å². The van der Waals surface area contributed by atoms with Crippen molar-refractivity contribution < 1.29 is 19.1 Å². The molecule has 1 aromatic heterocycles. The molecule has 1 aliphatic carbocycles. The molecule has 1 amide bonds. The highest BCUT2D eigenvalue weighted by Gasteiger charge is 2.43. The molecule has 3 atom stereocenters. The number of amides is 1. The van der Waals surface area contributed by atoms with Gasteiger partial charge >= 0.3 is 6.03 Å². The van der Waals surface area contributed by atoms with Gasteiger partial charge in [-0.1, -0.05) is 12.1 Å². The Morgan fingerprint density at radius 2 is 1.84 bits per heavy atom. The van der Waals surface area contributed by atoms with Gasteiger partial charge in [0.15, 0.2) is 5.78 Å². The molecule has 3 heterocycles. The van der Waals surface area contributed by atoms with E-state index in [-0.39, 0.29) is 17.9 Å². The highest BCUT2D eigenvalue weighted by Crippen LogP contribution is 2.40. The normalized spacial score (nSPS) is 26.1. The van der Waals surface area contributed by atoms with Gasteiger partial charge in [0.1, 0.15) is 11.4 Å². The van der Waals surface area contributed by atoms with Crippen LogP contribution in [0.15, 0.2) is 36.5 Å². The molecular weight excluding hydrogens is 394 g/mol. The number of ketones is 1. The number of nitrogens with zero attached hydrogens (tertiary/aromatic N) is 3. The van der Waals surface area contributed by atoms with Crippen molar-refractivity contribution in [3.63, 3.8) is 0 Å². The number of Topliss-reactive ketones (excluding diaryl/α,β-unsaturated/α-hetero) is 1. The van der Waals surface area contributed by atoms with Crippen molar-refractivity contribution in [2.45, 2.75) is 44.6 Å². The van der Waals surface area contributed by atoms with E-state index in [1.54, 1.807) is 12.3 Å². The first-order valence-electron chi connectivity index (χ1n) is 11.3. The summed E-state index contributed by atoms with van der Waals surface area (Å²) >= 11 is 0. The molecule has 164 valence electrons. The quantitative estimate of drug-likeness (QED) is 0.701. The van der Waals surface area contributed by atoms with Crippen LogP contribution < -0.4 is 4.74 Å². The van der Waals surface area contributed by atoms with E-state index >= 15 is 0 Å². The molecule has 1 saturated carbocycles. The fourth-order valence-corrected chi connectivity index (χ4v) is 5.33. The molecule has 3 aliphatic rings. The van der Waals surface area contributed by atoms with Crippen molar-refractivity contribution in [3.8, 4) is 5.75 Å². The summed E-state index contributed by atoms with van der Waals surface area (Å²) in [5, 5.41) is 4.11. The molecule has 31 heavy (non-hydrogen) atoms. The number of aromatic nitrogens is 2. The van der Waals surface area contributed by atoms with E-state index in [0.717, 1.165) is 57.7 Å². The lowest BCUT2D eigenvalue weighted by molar-refractivity contribution is 0.0852. The van der Waals surface area contributed by atoms with Crippen LogP contribution in [-0.4, -0.2) is 58.9 Å². The maximum Gasteiger partial charge on any atom is 0.344 e. The van der Waals surface area contributed by atoms with E-state index in [4.69, 9.17) is 9.47 Å². The Kier molecular flexibility index (Phi) is 5.52. The molecule has 0 bridgehead atoms. The van der Waals surface area contributed by atoms with Gasteiger partial charge in [-0.3, -0.25) is 4.79 Å². The Labute approximate surface area is 182 Å². The molecule has 2 aliphatic heterocycles. The van der Waals surface area contributed by atoms with Crippen LogP contribution in [0, 0.1) is 11.8 Å².